The second-order valence-electron chi connectivity index (χ2n) is 6.20. The number of benzene rings is 1. The largest absolute Gasteiger partial charge is 0.497 e. The lowest BCUT2D eigenvalue weighted by Gasteiger charge is -2.26. The average Bonchev–Trinajstić information content (AvgIpc) is 2.43. The highest BCUT2D eigenvalue weighted by Gasteiger charge is 2.27. The molecule has 0 saturated heterocycles. The van der Waals surface area contributed by atoms with E-state index in [2.05, 4.69) is 5.32 Å². The Kier molecular flexibility index (Phi) is 6.03. The molecule has 5 nitrogen and oxygen atoms in total. The molecule has 1 aromatic carbocycles. The Balaban J connectivity index is 2.47. The van der Waals surface area contributed by atoms with Crippen molar-refractivity contribution >= 4 is 5.91 Å². The fraction of sp³-hybridized carbons (Fsp3) is 0.562. The molecule has 2 atom stereocenters. The smallest absolute Gasteiger partial charge is 0.237 e. The molecule has 1 rings (SSSR count). The van der Waals surface area contributed by atoms with Crippen molar-refractivity contribution in [3.63, 3.8) is 0 Å². The SMILES string of the molecule is COc1cccc(OC(C)CNC(=O)[C@@H](N)C(C)(C)C)c1. The zero-order valence-electron chi connectivity index (χ0n) is 13.5. The molecular formula is C16H26N2O3. The summed E-state index contributed by atoms with van der Waals surface area (Å²) < 4.78 is 10.9. The number of hydrogen-bond donors (Lipinski definition) is 2. The number of nitrogens with two attached hydrogens (primary N) is 1. The number of rotatable bonds is 6. The molecule has 0 aromatic heterocycles. The Bertz CT molecular complexity index is 469. The molecular weight excluding hydrogens is 268 g/mol. The van der Waals surface area contributed by atoms with E-state index in [9.17, 15) is 4.79 Å². The van der Waals surface area contributed by atoms with E-state index in [4.69, 9.17) is 15.2 Å². The van der Waals surface area contributed by atoms with Gasteiger partial charge in [0.05, 0.1) is 19.7 Å². The van der Waals surface area contributed by atoms with E-state index in [1.807, 2.05) is 45.9 Å². The van der Waals surface area contributed by atoms with Crippen LogP contribution in [0.2, 0.25) is 0 Å². The minimum absolute atomic E-state index is 0.159. The van der Waals surface area contributed by atoms with Gasteiger partial charge in [-0.25, -0.2) is 0 Å². The maximum atomic E-state index is 11.9. The molecule has 5 heteroatoms. The van der Waals surface area contributed by atoms with E-state index in [1.165, 1.54) is 0 Å². The Hall–Kier alpha value is -1.75. The molecule has 0 aliphatic rings. The highest BCUT2D eigenvalue weighted by atomic mass is 16.5. The fourth-order valence-corrected chi connectivity index (χ4v) is 1.70. The molecule has 0 spiro atoms. The van der Waals surface area contributed by atoms with E-state index < -0.39 is 6.04 Å². The summed E-state index contributed by atoms with van der Waals surface area (Å²) in [5.74, 6) is 1.28. The van der Waals surface area contributed by atoms with Gasteiger partial charge in [0.25, 0.3) is 0 Å². The minimum Gasteiger partial charge on any atom is -0.497 e. The maximum Gasteiger partial charge on any atom is 0.237 e. The molecule has 1 unspecified atom stereocenters. The quantitative estimate of drug-likeness (QED) is 0.841. The van der Waals surface area contributed by atoms with Gasteiger partial charge in [-0.15, -0.1) is 0 Å². The van der Waals surface area contributed by atoms with Gasteiger partial charge in [0.15, 0.2) is 0 Å². The Morgan fingerprint density at radius 3 is 2.52 bits per heavy atom. The normalized spacial score (nSPS) is 14.2. The van der Waals surface area contributed by atoms with E-state index in [1.54, 1.807) is 13.2 Å². The van der Waals surface area contributed by atoms with Crippen LogP contribution in [0.1, 0.15) is 27.7 Å². The van der Waals surface area contributed by atoms with Crippen molar-refractivity contribution in [3.8, 4) is 11.5 Å². The van der Waals surface area contributed by atoms with E-state index in [-0.39, 0.29) is 17.4 Å². The van der Waals surface area contributed by atoms with Crippen molar-refractivity contribution in [2.75, 3.05) is 13.7 Å². The first kappa shape index (κ1) is 17.3. The van der Waals surface area contributed by atoms with Gasteiger partial charge in [0, 0.05) is 6.07 Å². The van der Waals surface area contributed by atoms with Gasteiger partial charge in [0.2, 0.25) is 5.91 Å². The lowest BCUT2D eigenvalue weighted by molar-refractivity contribution is -0.124. The lowest BCUT2D eigenvalue weighted by Crippen LogP contribution is -2.50. The van der Waals surface area contributed by atoms with Crippen molar-refractivity contribution < 1.29 is 14.3 Å². The highest BCUT2D eigenvalue weighted by molar-refractivity contribution is 5.82. The van der Waals surface area contributed by atoms with Crippen LogP contribution in [0.15, 0.2) is 24.3 Å². The first-order chi connectivity index (χ1) is 9.74. The van der Waals surface area contributed by atoms with E-state index in [0.717, 1.165) is 5.75 Å². The topological polar surface area (TPSA) is 73.6 Å². The number of carbonyl (C=O) groups is 1. The molecule has 0 aliphatic heterocycles. The fourth-order valence-electron chi connectivity index (χ4n) is 1.70. The molecule has 1 aromatic rings. The van der Waals surface area contributed by atoms with Gasteiger partial charge in [-0.1, -0.05) is 26.8 Å². The second kappa shape index (κ2) is 7.31. The number of ether oxygens (including phenoxy) is 2. The minimum atomic E-state index is -0.540. The van der Waals surface area contributed by atoms with Crippen LogP contribution < -0.4 is 20.5 Å². The zero-order valence-corrected chi connectivity index (χ0v) is 13.5. The van der Waals surface area contributed by atoms with Crippen LogP contribution in [-0.2, 0) is 4.79 Å². The lowest BCUT2D eigenvalue weighted by atomic mass is 9.87. The molecule has 118 valence electrons. The molecule has 0 saturated carbocycles. The highest BCUT2D eigenvalue weighted by Crippen LogP contribution is 2.20. The molecule has 0 heterocycles. The van der Waals surface area contributed by atoms with Gasteiger partial charge in [-0.05, 0) is 24.5 Å². The second-order valence-corrected chi connectivity index (χ2v) is 6.20. The van der Waals surface area contributed by atoms with Crippen LogP contribution >= 0.6 is 0 Å². The number of methoxy groups -OCH3 is 1. The van der Waals surface area contributed by atoms with Crippen LogP contribution in [0, 0.1) is 5.41 Å². The van der Waals surface area contributed by atoms with Crippen molar-refractivity contribution in [2.24, 2.45) is 11.1 Å². The summed E-state index contributed by atoms with van der Waals surface area (Å²) in [6, 6.07) is 6.82. The number of hydrogen-bond acceptors (Lipinski definition) is 4. The first-order valence-corrected chi connectivity index (χ1v) is 7.08. The van der Waals surface area contributed by atoms with Gasteiger partial charge in [-0.3, -0.25) is 4.79 Å². The molecule has 0 bridgehead atoms. The summed E-state index contributed by atoms with van der Waals surface area (Å²) >= 11 is 0. The Labute approximate surface area is 126 Å². The third kappa shape index (κ3) is 5.63. The standard InChI is InChI=1S/C16H26N2O3/c1-11(10-18-15(19)14(17)16(2,3)4)21-13-8-6-7-12(9-13)20-5/h6-9,11,14H,10,17H2,1-5H3,(H,18,19)/t11?,14-/m1/s1. The molecule has 0 fully saturated rings. The third-order valence-corrected chi connectivity index (χ3v) is 3.16. The predicted octanol–water partition coefficient (Wildman–Crippen LogP) is 1.95. The van der Waals surface area contributed by atoms with Gasteiger partial charge in [0.1, 0.15) is 17.6 Å². The van der Waals surface area contributed by atoms with E-state index >= 15 is 0 Å². The summed E-state index contributed by atoms with van der Waals surface area (Å²) in [4.78, 5) is 11.9. The monoisotopic (exact) mass is 294 g/mol. The molecule has 1 amide bonds. The summed E-state index contributed by atoms with van der Waals surface area (Å²) in [6.07, 6.45) is -0.159. The van der Waals surface area contributed by atoms with Crippen molar-refractivity contribution in [1.29, 1.82) is 0 Å². The molecule has 21 heavy (non-hydrogen) atoms. The van der Waals surface area contributed by atoms with Crippen LogP contribution in [0.4, 0.5) is 0 Å². The van der Waals surface area contributed by atoms with Gasteiger partial charge >= 0.3 is 0 Å². The summed E-state index contributed by atoms with van der Waals surface area (Å²) in [6.45, 7) is 8.11. The number of nitrogens with one attached hydrogen (secondary N) is 1. The maximum absolute atomic E-state index is 11.9. The van der Waals surface area contributed by atoms with Crippen molar-refractivity contribution in [3.05, 3.63) is 24.3 Å². The summed E-state index contributed by atoms with van der Waals surface area (Å²) in [5.41, 5.74) is 5.64. The summed E-state index contributed by atoms with van der Waals surface area (Å²) in [7, 11) is 1.61. The first-order valence-electron chi connectivity index (χ1n) is 7.08. The van der Waals surface area contributed by atoms with Crippen molar-refractivity contribution in [1.82, 2.24) is 5.32 Å². The molecule has 0 aliphatic carbocycles. The average molecular weight is 294 g/mol. The molecule has 3 N–H and O–H groups in total. The number of amides is 1. The Morgan fingerprint density at radius 1 is 1.33 bits per heavy atom. The predicted molar refractivity (Wildman–Crippen MR) is 83.5 cm³/mol. The van der Waals surface area contributed by atoms with Gasteiger partial charge < -0.3 is 20.5 Å². The van der Waals surface area contributed by atoms with Crippen LogP contribution in [0.5, 0.6) is 11.5 Å². The van der Waals surface area contributed by atoms with Crippen LogP contribution in [0.3, 0.4) is 0 Å². The van der Waals surface area contributed by atoms with Gasteiger partial charge in [-0.2, -0.15) is 0 Å². The molecule has 0 radical (unpaired) electrons. The zero-order chi connectivity index (χ0) is 16.0. The van der Waals surface area contributed by atoms with Crippen LogP contribution in [0.25, 0.3) is 0 Å². The Morgan fingerprint density at radius 2 is 1.95 bits per heavy atom. The van der Waals surface area contributed by atoms with E-state index in [0.29, 0.717) is 12.3 Å². The summed E-state index contributed by atoms with van der Waals surface area (Å²) in [5, 5.41) is 2.82. The third-order valence-electron chi connectivity index (χ3n) is 3.16. The van der Waals surface area contributed by atoms with Crippen LogP contribution in [-0.4, -0.2) is 31.7 Å². The van der Waals surface area contributed by atoms with Crippen molar-refractivity contribution in [2.45, 2.75) is 39.8 Å². The number of carbonyl (C=O) groups excluding carboxylic acids is 1.